The van der Waals surface area contributed by atoms with Gasteiger partial charge in [0.2, 0.25) is 0 Å². The van der Waals surface area contributed by atoms with Gasteiger partial charge in [-0.25, -0.2) is 0 Å². The molecule has 0 spiro atoms. The molecule has 3 aromatic carbocycles. The van der Waals surface area contributed by atoms with Crippen molar-refractivity contribution in [1.82, 2.24) is 4.98 Å². The van der Waals surface area contributed by atoms with E-state index in [1.54, 1.807) is 60.8 Å². The van der Waals surface area contributed by atoms with Crippen LogP contribution in [0.4, 0.5) is 5.69 Å². The number of rotatable bonds is 5. The highest BCUT2D eigenvalue weighted by molar-refractivity contribution is 6.30. The molecule has 148 valence electrons. The van der Waals surface area contributed by atoms with E-state index in [-0.39, 0.29) is 5.91 Å². The lowest BCUT2D eigenvalue weighted by molar-refractivity contribution is 0.102. The van der Waals surface area contributed by atoms with Crippen molar-refractivity contribution in [3.63, 3.8) is 0 Å². The summed E-state index contributed by atoms with van der Waals surface area (Å²) in [7, 11) is 0. The van der Waals surface area contributed by atoms with E-state index < -0.39 is 0 Å². The number of amides is 1. The Kier molecular flexibility index (Phi) is 5.77. The lowest BCUT2D eigenvalue weighted by atomic mass is 10.0. The van der Waals surface area contributed by atoms with Crippen LogP contribution < -0.4 is 10.1 Å². The van der Waals surface area contributed by atoms with Crippen LogP contribution in [0.2, 0.25) is 5.02 Å². The molecule has 0 fully saturated rings. The Morgan fingerprint density at radius 1 is 0.867 bits per heavy atom. The van der Waals surface area contributed by atoms with E-state index in [9.17, 15) is 4.79 Å². The molecule has 1 aromatic heterocycles. The number of carbonyl (C=O) groups is 1. The maximum atomic E-state index is 12.5. The van der Waals surface area contributed by atoms with E-state index >= 15 is 0 Å². The van der Waals surface area contributed by atoms with Crippen molar-refractivity contribution in [2.75, 3.05) is 5.32 Å². The zero-order valence-electron chi connectivity index (χ0n) is 16.3. The first-order valence-corrected chi connectivity index (χ1v) is 9.83. The Morgan fingerprint density at radius 3 is 2.17 bits per heavy atom. The lowest BCUT2D eigenvalue weighted by Gasteiger charge is -2.09. The van der Waals surface area contributed by atoms with E-state index in [1.807, 2.05) is 37.3 Å². The first kappa shape index (κ1) is 19.7. The molecule has 30 heavy (non-hydrogen) atoms. The number of aromatic nitrogens is 1. The number of ether oxygens (including phenoxy) is 1. The molecular formula is C25H19ClN2O2. The Balaban J connectivity index is 1.41. The van der Waals surface area contributed by atoms with Crippen LogP contribution >= 0.6 is 11.6 Å². The highest BCUT2D eigenvalue weighted by atomic mass is 35.5. The van der Waals surface area contributed by atoms with Crippen LogP contribution in [0.3, 0.4) is 0 Å². The summed E-state index contributed by atoms with van der Waals surface area (Å²) in [6.07, 6.45) is 1.59. The van der Waals surface area contributed by atoms with Crippen LogP contribution in [0.25, 0.3) is 11.3 Å². The molecule has 0 aliphatic carbocycles. The maximum Gasteiger partial charge on any atom is 0.257 e. The largest absolute Gasteiger partial charge is 0.457 e. The third kappa shape index (κ3) is 4.67. The molecule has 0 saturated carbocycles. The van der Waals surface area contributed by atoms with Crippen molar-refractivity contribution in [2.24, 2.45) is 0 Å². The molecule has 4 rings (SSSR count). The number of halogens is 1. The van der Waals surface area contributed by atoms with Crippen LogP contribution in [0.5, 0.6) is 11.5 Å². The summed E-state index contributed by atoms with van der Waals surface area (Å²) in [5.74, 6) is 1.14. The molecular weight excluding hydrogens is 396 g/mol. The monoisotopic (exact) mass is 414 g/mol. The minimum atomic E-state index is -0.217. The predicted molar refractivity (Wildman–Crippen MR) is 120 cm³/mol. The van der Waals surface area contributed by atoms with Gasteiger partial charge in [0.25, 0.3) is 5.91 Å². The summed E-state index contributed by atoms with van der Waals surface area (Å²) in [5.41, 5.74) is 4.21. The van der Waals surface area contributed by atoms with Crippen molar-refractivity contribution in [3.05, 3.63) is 107 Å². The zero-order valence-corrected chi connectivity index (χ0v) is 17.1. The Hall–Kier alpha value is -3.63. The van der Waals surface area contributed by atoms with Crippen molar-refractivity contribution in [2.45, 2.75) is 6.92 Å². The van der Waals surface area contributed by atoms with Crippen molar-refractivity contribution < 1.29 is 9.53 Å². The average Bonchev–Trinajstić information content (AvgIpc) is 2.77. The molecule has 4 aromatic rings. The maximum absolute atomic E-state index is 12.5. The predicted octanol–water partition coefficient (Wildman–Crippen LogP) is 6.76. The second-order valence-corrected chi connectivity index (χ2v) is 7.22. The van der Waals surface area contributed by atoms with Crippen LogP contribution in [0, 0.1) is 6.92 Å². The number of hydrogen-bond donors (Lipinski definition) is 1. The van der Waals surface area contributed by atoms with E-state index in [2.05, 4.69) is 10.3 Å². The van der Waals surface area contributed by atoms with Gasteiger partial charge in [-0.2, -0.15) is 0 Å². The molecule has 5 heteroatoms. The molecule has 0 atom stereocenters. The Bertz CT molecular complexity index is 1160. The molecule has 0 aliphatic heterocycles. The second-order valence-electron chi connectivity index (χ2n) is 6.78. The standard InChI is InChI=1S/C25H19ClN2O2/c1-17-4-2-3-5-23(17)24-15-6-18(16-27-24)25(29)28-20-9-13-22(14-10-20)30-21-11-7-19(26)8-12-21/h2-16H,1H3,(H,28,29). The average molecular weight is 415 g/mol. The second kappa shape index (κ2) is 8.80. The number of benzene rings is 3. The van der Waals surface area contributed by atoms with Gasteiger partial charge in [0, 0.05) is 22.5 Å². The zero-order chi connectivity index (χ0) is 20.9. The third-order valence-electron chi connectivity index (χ3n) is 4.61. The molecule has 0 bridgehead atoms. The molecule has 0 radical (unpaired) electrons. The number of aryl methyl sites for hydroxylation is 1. The van der Waals surface area contributed by atoms with Crippen LogP contribution in [-0.4, -0.2) is 10.9 Å². The fraction of sp³-hybridized carbons (Fsp3) is 0.0400. The van der Waals surface area contributed by atoms with Crippen LogP contribution in [0.1, 0.15) is 15.9 Å². The normalized spacial score (nSPS) is 10.5. The van der Waals surface area contributed by atoms with Crippen LogP contribution in [0.15, 0.2) is 91.1 Å². The van der Waals surface area contributed by atoms with E-state index in [0.29, 0.717) is 27.8 Å². The van der Waals surface area contributed by atoms with E-state index in [4.69, 9.17) is 16.3 Å². The minimum absolute atomic E-state index is 0.217. The smallest absolute Gasteiger partial charge is 0.257 e. The lowest BCUT2D eigenvalue weighted by Crippen LogP contribution is -2.12. The van der Waals surface area contributed by atoms with Gasteiger partial charge >= 0.3 is 0 Å². The molecule has 0 saturated heterocycles. The van der Waals surface area contributed by atoms with E-state index in [0.717, 1.165) is 16.8 Å². The van der Waals surface area contributed by atoms with Gasteiger partial charge in [-0.05, 0) is 73.2 Å². The van der Waals surface area contributed by atoms with Crippen molar-refractivity contribution in [1.29, 1.82) is 0 Å². The van der Waals surface area contributed by atoms with Gasteiger partial charge in [0.05, 0.1) is 11.3 Å². The summed E-state index contributed by atoms with van der Waals surface area (Å²) in [6.45, 7) is 2.04. The van der Waals surface area contributed by atoms with Crippen molar-refractivity contribution in [3.8, 4) is 22.8 Å². The van der Waals surface area contributed by atoms with Gasteiger partial charge in [-0.3, -0.25) is 9.78 Å². The molecule has 1 N–H and O–H groups in total. The summed E-state index contributed by atoms with van der Waals surface area (Å²) in [5, 5.41) is 3.53. The van der Waals surface area contributed by atoms with Gasteiger partial charge < -0.3 is 10.1 Å². The highest BCUT2D eigenvalue weighted by Gasteiger charge is 2.09. The number of hydrogen-bond acceptors (Lipinski definition) is 3. The van der Waals surface area contributed by atoms with Gasteiger partial charge in [-0.15, -0.1) is 0 Å². The molecule has 0 aliphatic rings. The van der Waals surface area contributed by atoms with Crippen LogP contribution in [-0.2, 0) is 0 Å². The molecule has 4 nitrogen and oxygen atoms in total. The van der Waals surface area contributed by atoms with Gasteiger partial charge in [-0.1, -0.05) is 35.9 Å². The fourth-order valence-electron chi connectivity index (χ4n) is 3.00. The summed E-state index contributed by atoms with van der Waals surface area (Å²) >= 11 is 5.88. The quantitative estimate of drug-likeness (QED) is 0.392. The Morgan fingerprint density at radius 2 is 1.53 bits per heavy atom. The summed E-state index contributed by atoms with van der Waals surface area (Å²) in [4.78, 5) is 17.0. The number of anilines is 1. The highest BCUT2D eigenvalue weighted by Crippen LogP contribution is 2.25. The molecule has 0 unspecified atom stereocenters. The minimum Gasteiger partial charge on any atom is -0.457 e. The SMILES string of the molecule is Cc1ccccc1-c1ccc(C(=O)Nc2ccc(Oc3ccc(Cl)cc3)cc2)cn1. The number of pyridine rings is 1. The van der Waals surface area contributed by atoms with Crippen molar-refractivity contribution >= 4 is 23.2 Å². The number of nitrogens with one attached hydrogen (secondary N) is 1. The fourth-order valence-corrected chi connectivity index (χ4v) is 3.12. The molecule has 1 amide bonds. The topological polar surface area (TPSA) is 51.2 Å². The van der Waals surface area contributed by atoms with E-state index in [1.165, 1.54) is 0 Å². The summed E-state index contributed by atoms with van der Waals surface area (Å²) < 4.78 is 5.76. The third-order valence-corrected chi connectivity index (χ3v) is 4.86. The first-order valence-electron chi connectivity index (χ1n) is 9.45. The number of nitrogens with zero attached hydrogens (tertiary/aromatic N) is 1. The van der Waals surface area contributed by atoms with Gasteiger partial charge in [0.1, 0.15) is 11.5 Å². The number of carbonyl (C=O) groups excluding carboxylic acids is 1. The summed E-state index contributed by atoms with van der Waals surface area (Å²) in [6, 6.07) is 26.0. The molecule has 1 heterocycles. The first-order chi connectivity index (χ1) is 14.6. The van der Waals surface area contributed by atoms with Gasteiger partial charge in [0.15, 0.2) is 0 Å². The Labute approximate surface area is 180 Å².